The highest BCUT2D eigenvalue weighted by Gasteiger charge is 2.36. The summed E-state index contributed by atoms with van der Waals surface area (Å²) in [5, 5.41) is 2.89. The Balaban J connectivity index is 1.67. The fourth-order valence-corrected chi connectivity index (χ4v) is 6.18. The summed E-state index contributed by atoms with van der Waals surface area (Å²) in [6, 6.07) is 24.0. The van der Waals surface area contributed by atoms with Gasteiger partial charge in [-0.15, -0.1) is 0 Å². The molecular formula is C30H26N2O4S. The molecule has 5 rings (SSSR count). The van der Waals surface area contributed by atoms with Gasteiger partial charge in [0.2, 0.25) is 9.84 Å². The molecule has 0 saturated carbocycles. The Morgan fingerprint density at radius 3 is 2.32 bits per heavy atom. The maximum absolute atomic E-state index is 13.9. The quantitative estimate of drug-likeness (QED) is 0.373. The average Bonchev–Trinajstić information content (AvgIpc) is 2.95. The molecule has 0 atom stereocenters. The van der Waals surface area contributed by atoms with E-state index in [4.69, 9.17) is 0 Å². The lowest BCUT2D eigenvalue weighted by Crippen LogP contribution is -2.31. The number of nitrogens with one attached hydrogen (secondary N) is 1. The van der Waals surface area contributed by atoms with Crippen LogP contribution in [0.1, 0.15) is 43.0 Å². The van der Waals surface area contributed by atoms with Crippen molar-refractivity contribution in [1.29, 1.82) is 0 Å². The summed E-state index contributed by atoms with van der Waals surface area (Å²) in [6.07, 6.45) is 0. The van der Waals surface area contributed by atoms with Gasteiger partial charge in [-0.25, -0.2) is 8.42 Å². The third kappa shape index (κ3) is 4.42. The second-order valence-electron chi connectivity index (χ2n) is 9.27. The van der Waals surface area contributed by atoms with Crippen LogP contribution in [0.3, 0.4) is 0 Å². The van der Waals surface area contributed by atoms with Gasteiger partial charge < -0.3 is 10.2 Å². The van der Waals surface area contributed by atoms with Crippen LogP contribution in [-0.4, -0.2) is 20.2 Å². The van der Waals surface area contributed by atoms with E-state index in [1.165, 1.54) is 35.2 Å². The molecule has 186 valence electrons. The fraction of sp³-hybridized carbons (Fsp3) is 0.133. The molecule has 7 heteroatoms. The monoisotopic (exact) mass is 510 g/mol. The van der Waals surface area contributed by atoms with E-state index in [9.17, 15) is 18.0 Å². The molecule has 37 heavy (non-hydrogen) atoms. The van der Waals surface area contributed by atoms with Crippen molar-refractivity contribution in [1.82, 2.24) is 0 Å². The van der Waals surface area contributed by atoms with Crippen molar-refractivity contribution in [2.45, 2.75) is 37.1 Å². The molecular weight excluding hydrogens is 484 g/mol. The van der Waals surface area contributed by atoms with E-state index in [2.05, 4.69) is 5.32 Å². The van der Waals surface area contributed by atoms with Gasteiger partial charge in [0.05, 0.1) is 27.6 Å². The number of hydrogen-bond acceptors (Lipinski definition) is 4. The number of amides is 2. The Morgan fingerprint density at radius 1 is 0.811 bits per heavy atom. The Labute approximate surface area is 216 Å². The fourth-order valence-electron chi connectivity index (χ4n) is 4.55. The van der Waals surface area contributed by atoms with E-state index < -0.39 is 21.7 Å². The molecule has 0 aliphatic carbocycles. The Kier molecular flexibility index (Phi) is 6.17. The van der Waals surface area contributed by atoms with E-state index in [-0.39, 0.29) is 33.2 Å². The van der Waals surface area contributed by atoms with Crippen LogP contribution in [0.15, 0.2) is 94.7 Å². The lowest BCUT2D eigenvalue weighted by atomic mass is 10.0. The van der Waals surface area contributed by atoms with Gasteiger partial charge in [0.25, 0.3) is 11.8 Å². The number of aryl methyl sites for hydroxylation is 3. The van der Waals surface area contributed by atoms with Crippen LogP contribution in [0.5, 0.6) is 0 Å². The van der Waals surface area contributed by atoms with E-state index >= 15 is 0 Å². The molecule has 1 heterocycles. The zero-order chi connectivity index (χ0) is 26.3. The second kappa shape index (κ2) is 9.33. The molecule has 1 N–H and O–H groups in total. The molecule has 0 aromatic heterocycles. The van der Waals surface area contributed by atoms with Crippen molar-refractivity contribution < 1.29 is 18.0 Å². The normalized spacial score (nSPS) is 13.9. The van der Waals surface area contributed by atoms with E-state index in [1.807, 2.05) is 57.2 Å². The molecule has 6 nitrogen and oxygen atoms in total. The van der Waals surface area contributed by atoms with Crippen LogP contribution < -0.4 is 10.2 Å². The van der Waals surface area contributed by atoms with Crippen LogP contribution in [-0.2, 0) is 16.4 Å². The van der Waals surface area contributed by atoms with E-state index in [0.29, 0.717) is 5.69 Å². The summed E-state index contributed by atoms with van der Waals surface area (Å²) in [7, 11) is -4.02. The van der Waals surface area contributed by atoms with Crippen LogP contribution in [0.4, 0.5) is 11.4 Å². The van der Waals surface area contributed by atoms with Crippen molar-refractivity contribution >= 4 is 33.0 Å². The first-order chi connectivity index (χ1) is 17.7. The van der Waals surface area contributed by atoms with Gasteiger partial charge >= 0.3 is 0 Å². The summed E-state index contributed by atoms with van der Waals surface area (Å²) >= 11 is 0. The number of hydrogen-bond donors (Lipinski definition) is 1. The smallest absolute Gasteiger partial charge is 0.259 e. The molecule has 0 radical (unpaired) electrons. The Bertz CT molecular complexity index is 1670. The van der Waals surface area contributed by atoms with Gasteiger partial charge in [0, 0.05) is 11.3 Å². The number of fused-ring (bicyclic) bond motifs is 2. The summed E-state index contributed by atoms with van der Waals surface area (Å²) in [5.41, 5.74) is 5.00. The third-order valence-corrected chi connectivity index (χ3v) is 8.54. The van der Waals surface area contributed by atoms with Gasteiger partial charge in [-0.05, 0) is 73.9 Å². The number of benzene rings is 4. The van der Waals surface area contributed by atoms with Crippen molar-refractivity contribution in [2.75, 3.05) is 10.2 Å². The first kappa shape index (κ1) is 24.5. The molecule has 0 unspecified atom stereocenters. The Morgan fingerprint density at radius 2 is 1.54 bits per heavy atom. The second-order valence-corrected chi connectivity index (χ2v) is 11.2. The molecule has 1 aliphatic heterocycles. The summed E-state index contributed by atoms with van der Waals surface area (Å²) in [4.78, 5) is 28.5. The molecule has 0 fully saturated rings. The number of nitrogens with zero attached hydrogens (tertiary/aromatic N) is 1. The molecule has 1 aliphatic rings. The van der Waals surface area contributed by atoms with Crippen LogP contribution in [0.2, 0.25) is 0 Å². The molecule has 2 amide bonds. The van der Waals surface area contributed by atoms with Crippen molar-refractivity contribution in [3.05, 3.63) is 118 Å². The summed E-state index contributed by atoms with van der Waals surface area (Å²) in [5.74, 6) is -0.828. The molecule has 4 aromatic carbocycles. The Hall–Kier alpha value is -4.23. The molecule has 0 saturated heterocycles. The highest BCUT2D eigenvalue weighted by molar-refractivity contribution is 7.91. The molecule has 4 aromatic rings. The van der Waals surface area contributed by atoms with Gasteiger partial charge in [-0.2, -0.15) is 0 Å². The first-order valence-corrected chi connectivity index (χ1v) is 13.4. The van der Waals surface area contributed by atoms with Gasteiger partial charge in [-0.3, -0.25) is 9.59 Å². The number of carbonyl (C=O) groups excluding carboxylic acids is 2. The van der Waals surface area contributed by atoms with Crippen molar-refractivity contribution in [2.24, 2.45) is 0 Å². The predicted molar refractivity (Wildman–Crippen MR) is 144 cm³/mol. The predicted octanol–water partition coefficient (Wildman–Crippen LogP) is 5.86. The minimum atomic E-state index is -4.02. The van der Waals surface area contributed by atoms with Gasteiger partial charge in [0.1, 0.15) is 0 Å². The molecule has 0 spiro atoms. The van der Waals surface area contributed by atoms with Gasteiger partial charge in [-0.1, -0.05) is 54.1 Å². The third-order valence-electron chi connectivity index (χ3n) is 6.68. The minimum absolute atomic E-state index is 0.0106. The van der Waals surface area contributed by atoms with Crippen molar-refractivity contribution in [3.63, 3.8) is 0 Å². The number of anilines is 2. The zero-order valence-electron chi connectivity index (χ0n) is 20.8. The van der Waals surface area contributed by atoms with Crippen LogP contribution in [0, 0.1) is 20.8 Å². The molecule has 0 bridgehead atoms. The number of para-hydroxylation sites is 1. The van der Waals surface area contributed by atoms with Crippen LogP contribution >= 0.6 is 0 Å². The van der Waals surface area contributed by atoms with Gasteiger partial charge in [0.15, 0.2) is 0 Å². The maximum atomic E-state index is 13.9. The van der Waals surface area contributed by atoms with E-state index in [1.54, 1.807) is 18.2 Å². The standard InChI is InChI=1S/C30H26N2O4S/c1-19-12-13-20(2)23(16-19)18-32-26-17-22(29(33)31-25-10-6-4-8-21(25)3)14-15-28(26)37(35,36)27-11-7-5-9-24(27)30(32)34/h4-17H,18H2,1-3H3,(H,31,33). The van der Waals surface area contributed by atoms with Crippen molar-refractivity contribution in [3.8, 4) is 0 Å². The maximum Gasteiger partial charge on any atom is 0.259 e. The van der Waals surface area contributed by atoms with E-state index in [0.717, 1.165) is 22.3 Å². The van der Waals surface area contributed by atoms with Crippen LogP contribution in [0.25, 0.3) is 0 Å². The topological polar surface area (TPSA) is 83.6 Å². The lowest BCUT2D eigenvalue weighted by molar-refractivity contribution is 0.0979. The highest BCUT2D eigenvalue weighted by Crippen LogP contribution is 2.38. The number of rotatable bonds is 4. The zero-order valence-corrected chi connectivity index (χ0v) is 21.6. The number of carbonyl (C=O) groups is 2. The summed E-state index contributed by atoms with van der Waals surface area (Å²) in [6.45, 7) is 5.97. The lowest BCUT2D eigenvalue weighted by Gasteiger charge is -2.24. The first-order valence-electron chi connectivity index (χ1n) is 11.9. The number of sulfone groups is 1. The largest absolute Gasteiger partial charge is 0.322 e. The highest BCUT2D eigenvalue weighted by atomic mass is 32.2. The SMILES string of the molecule is Cc1ccc(C)c(CN2C(=O)c3ccccc3S(=O)(=O)c3ccc(C(=O)Nc4ccccc4C)cc32)c1. The average molecular weight is 511 g/mol. The summed E-state index contributed by atoms with van der Waals surface area (Å²) < 4.78 is 27.4. The minimum Gasteiger partial charge on any atom is -0.322 e.